The Hall–Kier alpha value is -0.910. The maximum Gasteiger partial charge on any atom is 0.240 e. The van der Waals surface area contributed by atoms with Crippen molar-refractivity contribution in [3.8, 4) is 0 Å². The van der Waals surface area contributed by atoms with Crippen LogP contribution in [0.25, 0.3) is 0 Å². The van der Waals surface area contributed by atoms with E-state index in [4.69, 9.17) is 5.11 Å². The zero-order valence-corrected chi connectivity index (χ0v) is 9.37. The minimum Gasteiger partial charge on any atom is -0.396 e. The number of aliphatic hydroxyl groups excluding tert-OH is 1. The van der Waals surface area contributed by atoms with Crippen LogP contribution in [0, 0.1) is 0 Å². The van der Waals surface area contributed by atoms with Crippen LogP contribution < -0.4 is 4.72 Å². The van der Waals surface area contributed by atoms with E-state index in [-0.39, 0.29) is 17.5 Å². The molecule has 0 bridgehead atoms. The molecule has 0 radical (unpaired) electrons. The van der Waals surface area contributed by atoms with Crippen molar-refractivity contribution in [2.75, 3.05) is 6.61 Å². The lowest BCUT2D eigenvalue weighted by atomic mass is 10.3. The van der Waals surface area contributed by atoms with Gasteiger partial charge in [0.25, 0.3) is 0 Å². The Morgan fingerprint density at radius 2 is 1.93 bits per heavy atom. The lowest BCUT2D eigenvalue weighted by Gasteiger charge is -2.12. The van der Waals surface area contributed by atoms with Gasteiger partial charge in [-0.1, -0.05) is 18.2 Å². The molecule has 0 saturated heterocycles. The van der Waals surface area contributed by atoms with E-state index in [1.54, 1.807) is 25.1 Å². The third-order valence-electron chi connectivity index (χ3n) is 1.97. The summed E-state index contributed by atoms with van der Waals surface area (Å²) in [5, 5.41) is 8.67. The first-order valence-corrected chi connectivity index (χ1v) is 6.23. The summed E-state index contributed by atoms with van der Waals surface area (Å²) >= 11 is 0. The first-order valence-electron chi connectivity index (χ1n) is 4.74. The summed E-state index contributed by atoms with van der Waals surface area (Å²) in [6, 6.07) is 7.91. The van der Waals surface area contributed by atoms with Crippen LogP contribution in [0.1, 0.15) is 13.3 Å². The quantitative estimate of drug-likeness (QED) is 0.782. The average molecular weight is 229 g/mol. The lowest BCUT2D eigenvalue weighted by Crippen LogP contribution is -2.33. The molecule has 1 aromatic rings. The van der Waals surface area contributed by atoms with Gasteiger partial charge in [0, 0.05) is 12.6 Å². The van der Waals surface area contributed by atoms with Crippen molar-refractivity contribution >= 4 is 10.0 Å². The predicted molar refractivity (Wildman–Crippen MR) is 57.9 cm³/mol. The maximum absolute atomic E-state index is 11.7. The average Bonchev–Trinajstić information content (AvgIpc) is 2.18. The molecule has 0 aliphatic heterocycles. The molecule has 0 saturated carbocycles. The third-order valence-corrected chi connectivity index (χ3v) is 3.58. The first-order chi connectivity index (χ1) is 7.06. The maximum atomic E-state index is 11.7. The van der Waals surface area contributed by atoms with Gasteiger partial charge >= 0.3 is 0 Å². The highest BCUT2D eigenvalue weighted by Crippen LogP contribution is 2.08. The van der Waals surface area contributed by atoms with E-state index < -0.39 is 10.0 Å². The number of nitrogens with one attached hydrogen (secondary N) is 1. The van der Waals surface area contributed by atoms with Gasteiger partial charge in [-0.05, 0) is 25.5 Å². The standard InChI is InChI=1S/C10H15NO3S/c1-9(7-8-12)11-15(13,14)10-5-3-2-4-6-10/h2-6,9,11-12H,7-8H2,1H3. The van der Waals surface area contributed by atoms with Crippen LogP contribution >= 0.6 is 0 Å². The Balaban J connectivity index is 2.77. The Bertz CT molecular complexity index is 388. The molecular formula is C10H15NO3S. The van der Waals surface area contributed by atoms with E-state index in [0.29, 0.717) is 6.42 Å². The van der Waals surface area contributed by atoms with Crippen molar-refractivity contribution in [2.24, 2.45) is 0 Å². The van der Waals surface area contributed by atoms with Gasteiger partial charge in [0.05, 0.1) is 4.90 Å². The molecule has 2 N–H and O–H groups in total. The fraction of sp³-hybridized carbons (Fsp3) is 0.400. The number of aliphatic hydroxyl groups is 1. The number of hydrogen-bond acceptors (Lipinski definition) is 3. The molecule has 4 nitrogen and oxygen atoms in total. The summed E-state index contributed by atoms with van der Waals surface area (Å²) < 4.78 is 25.9. The van der Waals surface area contributed by atoms with Crippen molar-refractivity contribution < 1.29 is 13.5 Å². The zero-order valence-electron chi connectivity index (χ0n) is 8.55. The Kier molecular flexibility index (Phi) is 4.26. The van der Waals surface area contributed by atoms with Gasteiger partial charge in [-0.3, -0.25) is 0 Å². The van der Waals surface area contributed by atoms with E-state index in [0.717, 1.165) is 0 Å². The third kappa shape index (κ3) is 3.62. The van der Waals surface area contributed by atoms with Gasteiger partial charge in [0.2, 0.25) is 10.0 Å². The number of benzene rings is 1. The van der Waals surface area contributed by atoms with Crippen LogP contribution in [0.5, 0.6) is 0 Å². The van der Waals surface area contributed by atoms with Crippen molar-refractivity contribution in [2.45, 2.75) is 24.3 Å². The molecule has 0 fully saturated rings. The van der Waals surface area contributed by atoms with Crippen LogP contribution in [0.2, 0.25) is 0 Å². The lowest BCUT2D eigenvalue weighted by molar-refractivity contribution is 0.275. The Morgan fingerprint density at radius 1 is 1.33 bits per heavy atom. The second kappa shape index (κ2) is 5.25. The molecular weight excluding hydrogens is 214 g/mol. The molecule has 0 aliphatic rings. The molecule has 1 atom stereocenters. The molecule has 0 heterocycles. The molecule has 1 unspecified atom stereocenters. The molecule has 15 heavy (non-hydrogen) atoms. The zero-order chi connectivity index (χ0) is 11.3. The molecule has 0 aromatic heterocycles. The highest BCUT2D eigenvalue weighted by molar-refractivity contribution is 7.89. The van der Waals surface area contributed by atoms with Crippen molar-refractivity contribution in [3.05, 3.63) is 30.3 Å². The van der Waals surface area contributed by atoms with Gasteiger partial charge < -0.3 is 5.11 Å². The summed E-state index contributed by atoms with van der Waals surface area (Å²) in [5.41, 5.74) is 0. The molecule has 1 aromatic carbocycles. The summed E-state index contributed by atoms with van der Waals surface area (Å²) in [6.07, 6.45) is 0.409. The molecule has 1 rings (SSSR count). The summed E-state index contributed by atoms with van der Waals surface area (Å²) in [6.45, 7) is 1.69. The Morgan fingerprint density at radius 3 is 2.47 bits per heavy atom. The highest BCUT2D eigenvalue weighted by atomic mass is 32.2. The van der Waals surface area contributed by atoms with Gasteiger partial charge in [0.15, 0.2) is 0 Å². The Labute approximate surface area is 90.0 Å². The highest BCUT2D eigenvalue weighted by Gasteiger charge is 2.15. The SMILES string of the molecule is CC(CCO)NS(=O)(=O)c1ccccc1. The largest absolute Gasteiger partial charge is 0.396 e. The summed E-state index contributed by atoms with van der Waals surface area (Å²) in [4.78, 5) is 0.245. The normalized spacial score (nSPS) is 13.7. The fourth-order valence-corrected chi connectivity index (χ4v) is 2.48. The smallest absolute Gasteiger partial charge is 0.240 e. The fourth-order valence-electron chi connectivity index (χ4n) is 1.19. The molecule has 5 heteroatoms. The topological polar surface area (TPSA) is 66.4 Å². The summed E-state index contributed by atoms with van der Waals surface area (Å²) in [7, 11) is -3.44. The van der Waals surface area contributed by atoms with E-state index >= 15 is 0 Å². The van der Waals surface area contributed by atoms with Crippen LogP contribution in [0.4, 0.5) is 0 Å². The second-order valence-corrected chi connectivity index (χ2v) is 5.06. The van der Waals surface area contributed by atoms with Gasteiger partial charge in [0.1, 0.15) is 0 Å². The van der Waals surface area contributed by atoms with Crippen LogP contribution in [0.15, 0.2) is 35.2 Å². The van der Waals surface area contributed by atoms with Crippen LogP contribution in [-0.4, -0.2) is 26.2 Å². The van der Waals surface area contributed by atoms with Gasteiger partial charge in [-0.25, -0.2) is 13.1 Å². The van der Waals surface area contributed by atoms with Crippen molar-refractivity contribution in [1.82, 2.24) is 4.72 Å². The number of hydrogen-bond donors (Lipinski definition) is 2. The molecule has 0 amide bonds. The van der Waals surface area contributed by atoms with E-state index in [1.165, 1.54) is 12.1 Å². The van der Waals surface area contributed by atoms with E-state index in [2.05, 4.69) is 4.72 Å². The second-order valence-electron chi connectivity index (χ2n) is 3.35. The first kappa shape index (κ1) is 12.2. The van der Waals surface area contributed by atoms with Crippen LogP contribution in [0.3, 0.4) is 0 Å². The van der Waals surface area contributed by atoms with E-state index in [9.17, 15) is 8.42 Å². The number of sulfonamides is 1. The molecule has 0 aliphatic carbocycles. The molecule has 0 spiro atoms. The summed E-state index contributed by atoms with van der Waals surface area (Å²) in [5.74, 6) is 0. The van der Waals surface area contributed by atoms with Crippen LogP contribution in [-0.2, 0) is 10.0 Å². The van der Waals surface area contributed by atoms with Gasteiger partial charge in [-0.2, -0.15) is 0 Å². The number of rotatable bonds is 5. The predicted octanol–water partition coefficient (Wildman–Crippen LogP) is 0.736. The van der Waals surface area contributed by atoms with E-state index in [1.807, 2.05) is 0 Å². The minimum absolute atomic E-state index is 0.0293. The van der Waals surface area contributed by atoms with Crippen molar-refractivity contribution in [3.63, 3.8) is 0 Å². The van der Waals surface area contributed by atoms with Gasteiger partial charge in [-0.15, -0.1) is 0 Å². The monoisotopic (exact) mass is 229 g/mol. The van der Waals surface area contributed by atoms with Crippen molar-refractivity contribution in [1.29, 1.82) is 0 Å². The molecule has 84 valence electrons. The minimum atomic E-state index is -3.44.